The van der Waals surface area contributed by atoms with E-state index in [0.29, 0.717) is 5.76 Å². The molecule has 4 N–H and O–H groups in total. The molecule has 9 nitrogen and oxygen atoms in total. The molecule has 3 aromatic rings. The zero-order chi connectivity index (χ0) is 19.4. The van der Waals surface area contributed by atoms with Crippen LogP contribution in [0.1, 0.15) is 27.4 Å². The summed E-state index contributed by atoms with van der Waals surface area (Å²) in [6, 6.07) is 9.11. The van der Waals surface area contributed by atoms with E-state index in [1.165, 1.54) is 10.9 Å². The van der Waals surface area contributed by atoms with Gasteiger partial charge < -0.3 is 20.8 Å². The molecule has 0 bridgehead atoms. The molecule has 140 valence electrons. The zero-order valence-electron chi connectivity index (χ0n) is 15.0. The topological polar surface area (TPSA) is 128 Å². The third-order valence-electron chi connectivity index (χ3n) is 4.16. The minimum atomic E-state index is -0.495. The van der Waals surface area contributed by atoms with Crippen LogP contribution in [0.2, 0.25) is 0 Å². The van der Waals surface area contributed by atoms with E-state index in [1.807, 2.05) is 32.0 Å². The summed E-state index contributed by atoms with van der Waals surface area (Å²) in [5.74, 6) is -0.196. The van der Waals surface area contributed by atoms with Crippen molar-refractivity contribution in [3.63, 3.8) is 0 Å². The second-order valence-electron chi connectivity index (χ2n) is 6.04. The predicted octanol–water partition coefficient (Wildman–Crippen LogP) is 1.64. The first kappa shape index (κ1) is 18.2. The summed E-state index contributed by atoms with van der Waals surface area (Å²) >= 11 is 0. The number of nitrogens with one attached hydrogen (secondary N) is 2. The predicted molar refractivity (Wildman–Crippen MR) is 98.9 cm³/mol. The monoisotopic (exact) mass is 368 g/mol. The fraction of sp³-hybridized carbons (Fsp3) is 0.222. The van der Waals surface area contributed by atoms with Gasteiger partial charge in [0.05, 0.1) is 12.8 Å². The highest BCUT2D eigenvalue weighted by atomic mass is 16.3. The molecule has 2 amide bonds. The molecule has 0 radical (unpaired) electrons. The minimum absolute atomic E-state index is 0.0167. The van der Waals surface area contributed by atoms with Crippen LogP contribution < -0.4 is 16.4 Å². The van der Waals surface area contributed by atoms with Crippen molar-refractivity contribution in [1.29, 1.82) is 0 Å². The molecular weight excluding hydrogens is 348 g/mol. The van der Waals surface area contributed by atoms with Gasteiger partial charge in [-0.1, -0.05) is 17.3 Å². The normalized spacial score (nSPS) is 10.6. The van der Waals surface area contributed by atoms with Gasteiger partial charge in [0.25, 0.3) is 5.91 Å². The van der Waals surface area contributed by atoms with Gasteiger partial charge in [-0.05, 0) is 43.2 Å². The first-order valence-corrected chi connectivity index (χ1v) is 8.31. The lowest BCUT2D eigenvalue weighted by Gasteiger charge is -2.10. The number of aryl methyl sites for hydroxylation is 1. The lowest BCUT2D eigenvalue weighted by Crippen LogP contribution is -2.25. The van der Waals surface area contributed by atoms with E-state index in [4.69, 9.17) is 10.2 Å². The summed E-state index contributed by atoms with van der Waals surface area (Å²) in [7, 11) is 0. The van der Waals surface area contributed by atoms with Crippen molar-refractivity contribution < 1.29 is 14.0 Å². The second-order valence-corrected chi connectivity index (χ2v) is 6.04. The summed E-state index contributed by atoms with van der Waals surface area (Å²) in [6.07, 6.45) is 1.51. The maximum absolute atomic E-state index is 12.3. The van der Waals surface area contributed by atoms with Gasteiger partial charge in [0.1, 0.15) is 12.3 Å². The molecule has 0 aliphatic heterocycles. The molecule has 0 saturated carbocycles. The number of nitrogens with two attached hydrogens (primary N) is 1. The molecule has 9 heteroatoms. The number of carbonyl (C=O) groups excluding carboxylic acids is 2. The number of carbonyl (C=O) groups is 2. The van der Waals surface area contributed by atoms with Crippen molar-refractivity contribution in [3.05, 3.63) is 59.2 Å². The molecule has 27 heavy (non-hydrogen) atoms. The van der Waals surface area contributed by atoms with Crippen LogP contribution in [0.4, 0.5) is 11.5 Å². The van der Waals surface area contributed by atoms with E-state index < -0.39 is 5.91 Å². The SMILES string of the molecule is Cc1cccc(NC(=O)Cn2nnc(C(=O)NCc3ccco3)c2N)c1C. The van der Waals surface area contributed by atoms with Gasteiger partial charge in [-0.25, -0.2) is 4.68 Å². The van der Waals surface area contributed by atoms with E-state index >= 15 is 0 Å². The highest BCUT2D eigenvalue weighted by Crippen LogP contribution is 2.18. The Morgan fingerprint density at radius 1 is 1.22 bits per heavy atom. The van der Waals surface area contributed by atoms with Crippen LogP contribution in [-0.4, -0.2) is 26.8 Å². The van der Waals surface area contributed by atoms with Crippen molar-refractivity contribution in [3.8, 4) is 0 Å². The highest BCUT2D eigenvalue weighted by molar-refractivity contribution is 5.97. The van der Waals surface area contributed by atoms with Gasteiger partial charge in [0.15, 0.2) is 11.5 Å². The third-order valence-corrected chi connectivity index (χ3v) is 4.16. The molecule has 2 heterocycles. The first-order valence-electron chi connectivity index (χ1n) is 8.31. The number of benzene rings is 1. The van der Waals surface area contributed by atoms with E-state index in [1.54, 1.807) is 12.1 Å². The Labute approximate surface area is 155 Å². The molecule has 0 atom stereocenters. The Balaban J connectivity index is 1.63. The largest absolute Gasteiger partial charge is 0.467 e. The molecule has 0 aliphatic rings. The molecule has 0 fully saturated rings. The standard InChI is InChI=1S/C18H20N6O3/c1-11-5-3-7-14(12(11)2)21-15(25)10-24-17(19)16(22-23-24)18(26)20-9-13-6-4-8-27-13/h3-8H,9-10,19H2,1-2H3,(H,20,26)(H,21,25). The van der Waals surface area contributed by atoms with Gasteiger partial charge in [-0.15, -0.1) is 5.10 Å². The highest BCUT2D eigenvalue weighted by Gasteiger charge is 2.19. The van der Waals surface area contributed by atoms with Gasteiger partial charge in [-0.2, -0.15) is 0 Å². The van der Waals surface area contributed by atoms with Gasteiger partial charge >= 0.3 is 0 Å². The smallest absolute Gasteiger partial charge is 0.276 e. The lowest BCUT2D eigenvalue weighted by molar-refractivity contribution is -0.116. The van der Waals surface area contributed by atoms with Crippen molar-refractivity contribution in [1.82, 2.24) is 20.3 Å². The van der Waals surface area contributed by atoms with E-state index in [2.05, 4.69) is 20.9 Å². The Hall–Kier alpha value is -3.62. The fourth-order valence-electron chi connectivity index (χ4n) is 2.48. The van der Waals surface area contributed by atoms with Crippen LogP contribution in [-0.2, 0) is 17.9 Å². The molecule has 3 rings (SSSR count). The molecular formula is C18H20N6O3. The van der Waals surface area contributed by atoms with Crippen molar-refractivity contribution >= 4 is 23.3 Å². The summed E-state index contributed by atoms with van der Waals surface area (Å²) in [5, 5.41) is 13.0. The molecule has 2 aromatic heterocycles. The Kier molecular flexibility index (Phi) is 5.20. The summed E-state index contributed by atoms with van der Waals surface area (Å²) in [6.45, 7) is 3.94. The van der Waals surface area contributed by atoms with Crippen LogP contribution in [0.25, 0.3) is 0 Å². The number of hydrogen-bond donors (Lipinski definition) is 3. The van der Waals surface area contributed by atoms with Crippen molar-refractivity contribution in [2.75, 3.05) is 11.1 Å². The molecule has 0 saturated heterocycles. The van der Waals surface area contributed by atoms with Gasteiger partial charge in [-0.3, -0.25) is 9.59 Å². The number of aromatic nitrogens is 3. The fourth-order valence-corrected chi connectivity index (χ4v) is 2.48. The Morgan fingerprint density at radius 2 is 2.04 bits per heavy atom. The third kappa shape index (κ3) is 4.14. The van der Waals surface area contributed by atoms with Gasteiger partial charge in [0.2, 0.25) is 5.91 Å². The average molecular weight is 368 g/mol. The lowest BCUT2D eigenvalue weighted by atomic mass is 10.1. The molecule has 0 spiro atoms. The first-order chi connectivity index (χ1) is 13.0. The Morgan fingerprint density at radius 3 is 2.78 bits per heavy atom. The molecule has 0 aliphatic carbocycles. The van der Waals surface area contributed by atoms with Crippen LogP contribution in [0.15, 0.2) is 41.0 Å². The summed E-state index contributed by atoms with van der Waals surface area (Å²) < 4.78 is 6.33. The molecule has 0 unspecified atom stereocenters. The number of furan rings is 1. The maximum atomic E-state index is 12.3. The number of hydrogen-bond acceptors (Lipinski definition) is 6. The van der Waals surface area contributed by atoms with E-state index in [0.717, 1.165) is 16.8 Å². The summed E-state index contributed by atoms with van der Waals surface area (Å²) in [4.78, 5) is 24.5. The average Bonchev–Trinajstić information content (AvgIpc) is 3.28. The summed E-state index contributed by atoms with van der Waals surface area (Å²) in [5.41, 5.74) is 8.65. The molecule has 1 aromatic carbocycles. The van der Waals surface area contributed by atoms with Crippen LogP contribution in [0.5, 0.6) is 0 Å². The van der Waals surface area contributed by atoms with E-state index in [-0.39, 0.29) is 30.5 Å². The van der Waals surface area contributed by atoms with Crippen molar-refractivity contribution in [2.45, 2.75) is 26.9 Å². The van der Waals surface area contributed by atoms with Crippen molar-refractivity contribution in [2.24, 2.45) is 0 Å². The zero-order valence-corrected chi connectivity index (χ0v) is 15.0. The number of rotatable bonds is 6. The number of nitrogens with zero attached hydrogens (tertiary/aromatic N) is 3. The quantitative estimate of drug-likeness (QED) is 0.607. The van der Waals surface area contributed by atoms with Crippen LogP contribution >= 0.6 is 0 Å². The maximum Gasteiger partial charge on any atom is 0.276 e. The van der Waals surface area contributed by atoms with Gasteiger partial charge in [0, 0.05) is 5.69 Å². The second kappa shape index (κ2) is 7.73. The number of anilines is 2. The Bertz CT molecular complexity index is 962. The van der Waals surface area contributed by atoms with E-state index in [9.17, 15) is 9.59 Å². The number of amides is 2. The van der Waals surface area contributed by atoms with Crippen LogP contribution in [0, 0.1) is 13.8 Å². The number of nitrogen functional groups attached to an aromatic ring is 1. The minimum Gasteiger partial charge on any atom is -0.467 e. The van der Waals surface area contributed by atoms with Crippen LogP contribution in [0.3, 0.4) is 0 Å².